The van der Waals surface area contributed by atoms with E-state index in [9.17, 15) is 19.5 Å². The molecule has 0 aliphatic carbocycles. The third kappa shape index (κ3) is 4.32. The number of ether oxygens (including phenoxy) is 1. The molecule has 1 rings (SSSR count). The van der Waals surface area contributed by atoms with Crippen LogP contribution in [0.2, 0.25) is 0 Å². The maximum atomic E-state index is 12.3. The quantitative estimate of drug-likeness (QED) is 0.643. The summed E-state index contributed by atoms with van der Waals surface area (Å²) < 4.78 is 5.21. The van der Waals surface area contributed by atoms with Gasteiger partial charge in [0.2, 0.25) is 5.91 Å². The van der Waals surface area contributed by atoms with Crippen molar-refractivity contribution in [3.05, 3.63) is 0 Å². The number of amides is 3. The van der Waals surface area contributed by atoms with Crippen molar-refractivity contribution in [2.45, 2.75) is 32.4 Å². The Morgan fingerprint density at radius 1 is 1.43 bits per heavy atom. The largest absolute Gasteiger partial charge is 0.480 e. The van der Waals surface area contributed by atoms with Crippen molar-refractivity contribution in [2.24, 2.45) is 5.92 Å². The van der Waals surface area contributed by atoms with Crippen LogP contribution in [0.15, 0.2) is 0 Å². The van der Waals surface area contributed by atoms with Crippen LogP contribution in [-0.2, 0) is 14.3 Å². The van der Waals surface area contributed by atoms with Gasteiger partial charge in [-0.05, 0) is 5.92 Å². The molecule has 1 aliphatic heterocycles. The van der Waals surface area contributed by atoms with Gasteiger partial charge in [0.1, 0.15) is 12.1 Å². The molecule has 1 saturated heterocycles. The zero-order chi connectivity index (χ0) is 16.0. The number of hydrogen-bond donors (Lipinski definition) is 3. The number of hydrogen-bond acceptors (Lipinski definition) is 4. The van der Waals surface area contributed by atoms with Crippen molar-refractivity contribution in [1.29, 1.82) is 0 Å². The average molecular weight is 301 g/mol. The lowest BCUT2D eigenvalue weighted by Crippen LogP contribution is -2.60. The molecule has 1 heterocycles. The summed E-state index contributed by atoms with van der Waals surface area (Å²) in [5, 5.41) is 14.2. The predicted molar refractivity (Wildman–Crippen MR) is 74.8 cm³/mol. The molecule has 0 aromatic heterocycles. The van der Waals surface area contributed by atoms with E-state index >= 15 is 0 Å². The monoisotopic (exact) mass is 301 g/mol. The average Bonchev–Trinajstić information content (AvgIpc) is 2.50. The van der Waals surface area contributed by atoms with E-state index in [-0.39, 0.29) is 25.0 Å². The highest BCUT2D eigenvalue weighted by atomic mass is 16.5. The highest BCUT2D eigenvalue weighted by Crippen LogP contribution is 2.11. The number of likely N-dealkylation sites (N-methyl/N-ethyl adjacent to an activating group) is 1. The van der Waals surface area contributed by atoms with Gasteiger partial charge in [-0.25, -0.2) is 9.59 Å². The van der Waals surface area contributed by atoms with Crippen molar-refractivity contribution in [3.63, 3.8) is 0 Å². The van der Waals surface area contributed by atoms with E-state index < -0.39 is 24.1 Å². The summed E-state index contributed by atoms with van der Waals surface area (Å²) in [6, 6.07) is -2.27. The molecule has 0 aromatic carbocycles. The van der Waals surface area contributed by atoms with Gasteiger partial charge < -0.3 is 25.4 Å². The van der Waals surface area contributed by atoms with E-state index in [1.807, 2.05) is 6.92 Å². The van der Waals surface area contributed by atoms with Crippen LogP contribution in [0.3, 0.4) is 0 Å². The Morgan fingerprint density at radius 2 is 2.10 bits per heavy atom. The van der Waals surface area contributed by atoms with Crippen molar-refractivity contribution >= 4 is 17.9 Å². The number of aliphatic carboxylic acids is 1. The second-order valence-electron chi connectivity index (χ2n) is 5.05. The van der Waals surface area contributed by atoms with Gasteiger partial charge in [-0.15, -0.1) is 0 Å². The second kappa shape index (κ2) is 7.82. The van der Waals surface area contributed by atoms with Gasteiger partial charge in [-0.1, -0.05) is 20.3 Å². The highest BCUT2D eigenvalue weighted by Gasteiger charge is 2.35. The molecule has 8 heteroatoms. The fourth-order valence-electron chi connectivity index (χ4n) is 2.13. The van der Waals surface area contributed by atoms with Gasteiger partial charge in [0.05, 0.1) is 13.2 Å². The summed E-state index contributed by atoms with van der Waals surface area (Å²) in [5.74, 6) is -1.62. The van der Waals surface area contributed by atoms with E-state index in [0.717, 1.165) is 0 Å². The SMILES string of the molecule is CCC(C)[C@H](NC(=O)N1CCOCC1C(=O)NC)C(=O)O. The van der Waals surface area contributed by atoms with Crippen LogP contribution in [0.5, 0.6) is 0 Å². The number of urea groups is 1. The van der Waals surface area contributed by atoms with Gasteiger partial charge in [-0.3, -0.25) is 4.79 Å². The van der Waals surface area contributed by atoms with Crippen molar-refractivity contribution in [3.8, 4) is 0 Å². The normalized spacial score (nSPS) is 21.3. The number of carboxylic acids is 1. The summed E-state index contributed by atoms with van der Waals surface area (Å²) in [7, 11) is 1.48. The fourth-order valence-corrected chi connectivity index (χ4v) is 2.13. The number of nitrogens with one attached hydrogen (secondary N) is 2. The minimum atomic E-state index is -1.08. The van der Waals surface area contributed by atoms with Crippen LogP contribution in [0, 0.1) is 5.92 Å². The minimum Gasteiger partial charge on any atom is -0.480 e. The molecule has 3 amide bonds. The Labute approximate surface area is 123 Å². The molecule has 0 saturated carbocycles. The van der Waals surface area contributed by atoms with Crippen LogP contribution < -0.4 is 10.6 Å². The van der Waals surface area contributed by atoms with Gasteiger partial charge in [0.25, 0.3) is 0 Å². The molecule has 0 aromatic rings. The second-order valence-corrected chi connectivity index (χ2v) is 5.05. The van der Waals surface area contributed by atoms with Crippen LogP contribution >= 0.6 is 0 Å². The molecule has 3 N–H and O–H groups in total. The number of nitrogens with zero attached hydrogens (tertiary/aromatic N) is 1. The van der Waals surface area contributed by atoms with Gasteiger partial charge in [-0.2, -0.15) is 0 Å². The molecule has 0 bridgehead atoms. The van der Waals surface area contributed by atoms with Crippen molar-refractivity contribution in [1.82, 2.24) is 15.5 Å². The van der Waals surface area contributed by atoms with Crippen molar-refractivity contribution in [2.75, 3.05) is 26.8 Å². The first-order valence-electron chi connectivity index (χ1n) is 7.01. The van der Waals surface area contributed by atoms with Gasteiger partial charge >= 0.3 is 12.0 Å². The molecule has 1 aliphatic rings. The van der Waals surface area contributed by atoms with Gasteiger partial charge in [0, 0.05) is 13.6 Å². The summed E-state index contributed by atoms with van der Waals surface area (Å²) in [6.07, 6.45) is 0.624. The minimum absolute atomic E-state index is 0.105. The third-order valence-electron chi connectivity index (χ3n) is 3.70. The van der Waals surface area contributed by atoms with Crippen molar-refractivity contribution < 1.29 is 24.2 Å². The van der Waals surface area contributed by atoms with E-state index in [0.29, 0.717) is 13.0 Å². The number of carboxylic acid groups (broad SMARTS) is 1. The fraction of sp³-hybridized carbons (Fsp3) is 0.769. The molecule has 0 radical (unpaired) electrons. The maximum Gasteiger partial charge on any atom is 0.326 e. The Balaban J connectivity index is 2.79. The zero-order valence-electron chi connectivity index (χ0n) is 12.6. The molecule has 3 atom stereocenters. The highest BCUT2D eigenvalue weighted by molar-refractivity contribution is 5.89. The lowest BCUT2D eigenvalue weighted by molar-refractivity contribution is -0.140. The number of rotatable bonds is 5. The summed E-state index contributed by atoms with van der Waals surface area (Å²) in [5.41, 5.74) is 0. The number of carbonyl (C=O) groups is 3. The lowest BCUT2D eigenvalue weighted by atomic mass is 9.99. The summed E-state index contributed by atoms with van der Waals surface area (Å²) >= 11 is 0. The molecular formula is C13H23N3O5. The first kappa shape index (κ1) is 17.2. The molecule has 120 valence electrons. The van der Waals surface area contributed by atoms with Crippen LogP contribution in [0.25, 0.3) is 0 Å². The maximum absolute atomic E-state index is 12.3. The van der Waals surface area contributed by atoms with E-state index in [4.69, 9.17) is 4.74 Å². The van der Waals surface area contributed by atoms with E-state index in [1.54, 1.807) is 6.92 Å². The Morgan fingerprint density at radius 3 is 2.62 bits per heavy atom. The number of carbonyl (C=O) groups excluding carboxylic acids is 2. The first-order chi connectivity index (χ1) is 9.92. The Hall–Kier alpha value is -1.83. The van der Waals surface area contributed by atoms with Crippen LogP contribution in [0.4, 0.5) is 4.79 Å². The van der Waals surface area contributed by atoms with Crippen LogP contribution in [0.1, 0.15) is 20.3 Å². The molecule has 8 nitrogen and oxygen atoms in total. The number of morpholine rings is 1. The van der Waals surface area contributed by atoms with E-state index in [2.05, 4.69) is 10.6 Å². The van der Waals surface area contributed by atoms with E-state index in [1.165, 1.54) is 11.9 Å². The third-order valence-corrected chi connectivity index (χ3v) is 3.70. The predicted octanol–water partition coefficient (Wildman–Crippen LogP) is -0.358. The van der Waals surface area contributed by atoms with Gasteiger partial charge in [0.15, 0.2) is 0 Å². The topological polar surface area (TPSA) is 108 Å². The summed E-state index contributed by atoms with van der Waals surface area (Å²) in [4.78, 5) is 36.6. The molecular weight excluding hydrogens is 278 g/mol. The summed E-state index contributed by atoms with van der Waals surface area (Å²) in [6.45, 7) is 4.29. The smallest absolute Gasteiger partial charge is 0.326 e. The van der Waals surface area contributed by atoms with Crippen LogP contribution in [-0.4, -0.2) is 66.8 Å². The Bertz CT molecular complexity index is 401. The standard InChI is InChI=1S/C13H23N3O5/c1-4-8(2)10(12(18)19)15-13(20)16-5-6-21-7-9(16)11(17)14-3/h8-10H,4-7H2,1-3H3,(H,14,17)(H,15,20)(H,18,19)/t8?,9?,10-/m0/s1. The Kier molecular flexibility index (Phi) is 6.41. The zero-order valence-corrected chi connectivity index (χ0v) is 12.6. The molecule has 1 fully saturated rings. The lowest BCUT2D eigenvalue weighted by Gasteiger charge is -2.35. The molecule has 2 unspecified atom stereocenters. The molecule has 21 heavy (non-hydrogen) atoms. The first-order valence-corrected chi connectivity index (χ1v) is 7.01. The molecule has 0 spiro atoms.